The van der Waals surface area contributed by atoms with E-state index in [0.29, 0.717) is 28.6 Å². The van der Waals surface area contributed by atoms with Crippen LogP contribution in [0.3, 0.4) is 0 Å². The average Bonchev–Trinajstić information content (AvgIpc) is 3.66. The predicted molar refractivity (Wildman–Crippen MR) is 207 cm³/mol. The van der Waals surface area contributed by atoms with Gasteiger partial charge in [-0.3, -0.25) is 4.40 Å². The number of imidazole rings is 1. The Bertz CT molecular complexity index is 2830. The molecule has 6 aromatic carbocycles. The zero-order valence-electron chi connectivity index (χ0n) is 32.2. The maximum absolute atomic E-state index is 8.90. The van der Waals surface area contributed by atoms with Crippen LogP contribution >= 0.6 is 0 Å². The topological polar surface area (TPSA) is 56.0 Å². The highest BCUT2D eigenvalue weighted by atomic mass is 15.0. The third kappa shape index (κ3) is 5.98. The van der Waals surface area contributed by atoms with Crippen molar-refractivity contribution < 1.29 is 6.85 Å². The molecule has 0 bridgehead atoms. The summed E-state index contributed by atoms with van der Waals surface area (Å²) in [4.78, 5) is 19.9. The van der Waals surface area contributed by atoms with E-state index >= 15 is 0 Å². The number of hydrogen-bond donors (Lipinski definition) is 0. The van der Waals surface area contributed by atoms with E-state index < -0.39 is 18.1 Å². The van der Waals surface area contributed by atoms with E-state index in [9.17, 15) is 0 Å². The van der Waals surface area contributed by atoms with Crippen LogP contribution in [0.4, 0.5) is 0 Å². The van der Waals surface area contributed by atoms with E-state index in [-0.39, 0.29) is 17.6 Å². The summed E-state index contributed by atoms with van der Waals surface area (Å²) in [5, 5.41) is 0. The highest BCUT2D eigenvalue weighted by Crippen LogP contribution is 2.37. The molecule has 0 N–H and O–H groups in total. The fraction of sp³-hybridized carbons (Fsp3) is 0. The van der Waals surface area contributed by atoms with Gasteiger partial charge in [0.1, 0.15) is 5.65 Å². The molecule has 0 aliphatic heterocycles. The van der Waals surface area contributed by atoms with Crippen molar-refractivity contribution in [2.45, 2.75) is 0 Å². The molecule has 0 atom stereocenters. The van der Waals surface area contributed by atoms with E-state index in [1.807, 2.05) is 134 Å². The summed E-state index contributed by atoms with van der Waals surface area (Å²) in [6, 6.07) is 47.3. The Morgan fingerprint density at radius 3 is 1.51 bits per heavy atom. The normalized spacial score (nSPS) is 12.5. The first-order valence-corrected chi connectivity index (χ1v) is 16.6. The van der Waals surface area contributed by atoms with Crippen LogP contribution in [-0.2, 0) is 0 Å². The van der Waals surface area contributed by atoms with Gasteiger partial charge in [-0.25, -0.2) is 19.9 Å². The lowest BCUT2D eigenvalue weighted by Crippen LogP contribution is -2.00. The molecular formula is C46H31N5. The SMILES string of the molecule is [2H]c1c([2H])c([2H])c(-c2cc(-c3cccc(-c4nc5ccccn5c4-c4ccccc4)c3)cc(-c3nc(-c4ccccc4)nc(-c4ccccc4)n3)c2)c([2H])c1[2H]. The molecule has 3 aromatic heterocycles. The van der Waals surface area contributed by atoms with Gasteiger partial charge in [-0.05, 0) is 58.7 Å². The van der Waals surface area contributed by atoms with Crippen LogP contribution < -0.4 is 0 Å². The van der Waals surface area contributed by atoms with Gasteiger partial charge in [-0.2, -0.15) is 0 Å². The van der Waals surface area contributed by atoms with Crippen LogP contribution in [0.15, 0.2) is 188 Å². The van der Waals surface area contributed by atoms with Crippen LogP contribution in [0.25, 0.3) is 84.6 Å². The molecule has 5 nitrogen and oxygen atoms in total. The van der Waals surface area contributed by atoms with Gasteiger partial charge in [-0.15, -0.1) is 0 Å². The minimum absolute atomic E-state index is 0.0857. The highest BCUT2D eigenvalue weighted by molar-refractivity contribution is 5.86. The molecule has 0 unspecified atom stereocenters. The van der Waals surface area contributed by atoms with Gasteiger partial charge >= 0.3 is 0 Å². The number of aromatic nitrogens is 5. The molecule has 0 radical (unpaired) electrons. The average molecular weight is 659 g/mol. The minimum Gasteiger partial charge on any atom is -0.299 e. The molecule has 240 valence electrons. The van der Waals surface area contributed by atoms with E-state index in [4.69, 9.17) is 26.8 Å². The number of fused-ring (bicyclic) bond motifs is 1. The number of rotatable bonds is 7. The first-order chi connectivity index (χ1) is 27.3. The van der Waals surface area contributed by atoms with Gasteiger partial charge in [0.05, 0.1) is 18.2 Å². The Kier molecular flexibility index (Phi) is 6.46. The standard InChI is InChI=1S/C46H31N5/c1-5-16-32(17-6-1)38-29-39(31-40(30-38)46-49-44(34-20-9-3-10-21-34)48-45(50-46)35-22-11-4-12-23-35)36-24-15-25-37(28-36)42-43(33-18-7-2-8-19-33)51-27-14-13-26-41(51)47-42/h1-31H/i1D,5D,6D,16D,17D. The molecule has 0 amide bonds. The molecule has 0 saturated heterocycles. The van der Waals surface area contributed by atoms with Gasteiger partial charge in [0.15, 0.2) is 17.5 Å². The predicted octanol–water partition coefficient (Wildman–Crippen LogP) is 11.2. The fourth-order valence-corrected chi connectivity index (χ4v) is 6.31. The van der Waals surface area contributed by atoms with Gasteiger partial charge in [0.2, 0.25) is 0 Å². The molecule has 0 fully saturated rings. The largest absolute Gasteiger partial charge is 0.299 e. The summed E-state index contributed by atoms with van der Waals surface area (Å²) in [5.41, 5.74) is 8.78. The van der Waals surface area contributed by atoms with Gasteiger partial charge < -0.3 is 0 Å². The van der Waals surface area contributed by atoms with E-state index in [1.165, 1.54) is 0 Å². The molecule has 0 aliphatic carbocycles. The summed E-state index contributed by atoms with van der Waals surface area (Å²) >= 11 is 0. The lowest BCUT2D eigenvalue weighted by atomic mass is 9.94. The smallest absolute Gasteiger partial charge is 0.164 e. The maximum atomic E-state index is 8.90. The zero-order chi connectivity index (χ0) is 38.3. The van der Waals surface area contributed by atoms with Crippen molar-refractivity contribution in [1.29, 1.82) is 0 Å². The van der Waals surface area contributed by atoms with Crippen molar-refractivity contribution in [2.75, 3.05) is 0 Å². The van der Waals surface area contributed by atoms with Crippen LogP contribution in [-0.4, -0.2) is 24.3 Å². The third-order valence-corrected chi connectivity index (χ3v) is 8.73. The van der Waals surface area contributed by atoms with Crippen molar-refractivity contribution in [3.63, 3.8) is 0 Å². The number of hydrogen-bond acceptors (Lipinski definition) is 4. The van der Waals surface area contributed by atoms with Crippen molar-refractivity contribution in [3.05, 3.63) is 188 Å². The second-order valence-corrected chi connectivity index (χ2v) is 12.0. The molecule has 51 heavy (non-hydrogen) atoms. The molecular weight excluding hydrogens is 623 g/mol. The van der Waals surface area contributed by atoms with Crippen LogP contribution in [0.5, 0.6) is 0 Å². The Morgan fingerprint density at radius 1 is 0.373 bits per heavy atom. The zero-order valence-corrected chi connectivity index (χ0v) is 27.2. The van der Waals surface area contributed by atoms with Crippen LogP contribution in [0.1, 0.15) is 6.85 Å². The van der Waals surface area contributed by atoms with Gasteiger partial charge in [0, 0.05) is 34.0 Å². The van der Waals surface area contributed by atoms with Crippen LogP contribution in [0.2, 0.25) is 0 Å². The number of benzene rings is 6. The first-order valence-electron chi connectivity index (χ1n) is 19.1. The Morgan fingerprint density at radius 2 is 0.863 bits per heavy atom. The quantitative estimate of drug-likeness (QED) is 0.171. The van der Waals surface area contributed by atoms with Crippen molar-refractivity contribution in [2.24, 2.45) is 0 Å². The first kappa shape index (κ1) is 25.1. The molecule has 0 spiro atoms. The number of nitrogens with zero attached hydrogens (tertiary/aromatic N) is 5. The van der Waals surface area contributed by atoms with Crippen molar-refractivity contribution in [3.8, 4) is 78.9 Å². The Hall–Kier alpha value is -6.98. The molecule has 0 aliphatic rings. The van der Waals surface area contributed by atoms with Crippen molar-refractivity contribution in [1.82, 2.24) is 24.3 Å². The third-order valence-electron chi connectivity index (χ3n) is 8.73. The fourth-order valence-electron chi connectivity index (χ4n) is 6.31. The molecule has 9 rings (SSSR count). The van der Waals surface area contributed by atoms with Gasteiger partial charge in [-0.1, -0.05) is 145 Å². The summed E-state index contributed by atoms with van der Waals surface area (Å²) in [7, 11) is 0. The summed E-state index contributed by atoms with van der Waals surface area (Å²) in [5.74, 6) is 1.33. The Balaban J connectivity index is 1.28. The monoisotopic (exact) mass is 658 g/mol. The molecule has 9 aromatic rings. The van der Waals surface area contributed by atoms with Crippen molar-refractivity contribution >= 4 is 5.65 Å². The maximum Gasteiger partial charge on any atom is 0.164 e. The molecule has 5 heteroatoms. The van der Waals surface area contributed by atoms with Gasteiger partial charge in [0.25, 0.3) is 0 Å². The minimum atomic E-state index is -0.452. The Labute approximate surface area is 303 Å². The number of pyridine rings is 1. The summed E-state index contributed by atoms with van der Waals surface area (Å²) in [6.45, 7) is 0. The van der Waals surface area contributed by atoms with E-state index in [1.54, 1.807) is 6.07 Å². The van der Waals surface area contributed by atoms with Crippen LogP contribution in [0, 0.1) is 0 Å². The summed E-state index contributed by atoms with van der Waals surface area (Å²) < 4.78 is 45.1. The molecule has 0 saturated carbocycles. The lowest BCUT2D eigenvalue weighted by molar-refractivity contribution is 1.07. The summed E-state index contributed by atoms with van der Waals surface area (Å²) in [6.07, 6.45) is 2.01. The second kappa shape index (κ2) is 13.1. The molecule has 3 heterocycles. The lowest BCUT2D eigenvalue weighted by Gasteiger charge is -2.13. The highest BCUT2D eigenvalue weighted by Gasteiger charge is 2.18. The second-order valence-electron chi connectivity index (χ2n) is 12.0. The van der Waals surface area contributed by atoms with E-state index in [0.717, 1.165) is 50.4 Å². The van der Waals surface area contributed by atoms with E-state index in [2.05, 4.69) is 22.6 Å².